The molecule has 0 aromatic heterocycles. The maximum absolute atomic E-state index is 12.2. The Morgan fingerprint density at radius 2 is 1.73 bits per heavy atom. The third-order valence-corrected chi connectivity index (χ3v) is 1.65. The van der Waals surface area contributed by atoms with Crippen molar-refractivity contribution in [2.45, 2.75) is 18.0 Å². The van der Waals surface area contributed by atoms with Gasteiger partial charge in [-0.1, -0.05) is 11.6 Å². The molecule has 0 saturated heterocycles. The summed E-state index contributed by atoms with van der Waals surface area (Å²) in [4.78, 5) is 0. The second kappa shape index (κ2) is 2.09. The molecule has 6 heteroatoms. The number of hydrogen-bond donors (Lipinski definition) is 0. The summed E-state index contributed by atoms with van der Waals surface area (Å²) in [5, 5.41) is -1.44. The van der Waals surface area contributed by atoms with Gasteiger partial charge in [0.15, 0.2) is 0 Å². The molecule has 0 N–H and O–H groups in total. The molecule has 0 saturated carbocycles. The molecule has 0 aliphatic heterocycles. The Balaban J connectivity index is 3.04. The molecule has 0 heterocycles. The van der Waals surface area contributed by atoms with E-state index in [-0.39, 0.29) is 6.08 Å². The van der Waals surface area contributed by atoms with Gasteiger partial charge in [-0.2, -0.15) is 17.6 Å². The highest BCUT2D eigenvalue weighted by Gasteiger charge is 2.62. The van der Waals surface area contributed by atoms with Crippen LogP contribution in [0.15, 0.2) is 11.1 Å². The quantitative estimate of drug-likeness (QED) is 0.518. The van der Waals surface area contributed by atoms with E-state index in [0.29, 0.717) is 0 Å². The number of alkyl halides is 5. The van der Waals surface area contributed by atoms with Crippen LogP contribution < -0.4 is 0 Å². The highest BCUT2D eigenvalue weighted by Crippen LogP contribution is 2.47. The van der Waals surface area contributed by atoms with Crippen LogP contribution in [0.1, 0.15) is 0 Å². The molecule has 0 bridgehead atoms. The third-order valence-electron chi connectivity index (χ3n) is 1.29. The summed E-state index contributed by atoms with van der Waals surface area (Å²) in [6, 6.07) is 0. The van der Waals surface area contributed by atoms with Crippen molar-refractivity contribution >= 4 is 11.6 Å². The van der Waals surface area contributed by atoms with Crippen molar-refractivity contribution in [2.24, 2.45) is 0 Å². The molecule has 0 radical (unpaired) electrons. The first kappa shape index (κ1) is 8.77. The fraction of sp³-hybridized carbons (Fsp3) is 0.600. The van der Waals surface area contributed by atoms with Gasteiger partial charge in [-0.05, 0) is 0 Å². The number of hydrogen-bond acceptors (Lipinski definition) is 0. The number of rotatable bonds is 0. The Labute approximate surface area is 63.6 Å². The summed E-state index contributed by atoms with van der Waals surface area (Å²) in [7, 11) is 0. The molecular weight excluding hydrogens is 190 g/mol. The van der Waals surface area contributed by atoms with E-state index in [1.165, 1.54) is 0 Å². The van der Waals surface area contributed by atoms with E-state index in [4.69, 9.17) is 0 Å². The lowest BCUT2D eigenvalue weighted by Crippen LogP contribution is -2.36. The lowest BCUT2D eigenvalue weighted by molar-refractivity contribution is -0.117. The molecule has 0 spiro atoms. The summed E-state index contributed by atoms with van der Waals surface area (Å²) >= 11 is 4.67. The van der Waals surface area contributed by atoms with Crippen molar-refractivity contribution in [3.05, 3.63) is 11.1 Å². The van der Waals surface area contributed by atoms with Crippen molar-refractivity contribution in [1.82, 2.24) is 0 Å². The van der Waals surface area contributed by atoms with E-state index < -0.39 is 23.0 Å². The Morgan fingerprint density at radius 1 is 1.27 bits per heavy atom. The van der Waals surface area contributed by atoms with Crippen molar-refractivity contribution in [2.75, 3.05) is 0 Å². The van der Waals surface area contributed by atoms with Crippen molar-refractivity contribution < 1.29 is 22.0 Å². The minimum Gasteiger partial charge on any atom is -0.233 e. The van der Waals surface area contributed by atoms with Crippen LogP contribution in [0.25, 0.3) is 0 Å². The van der Waals surface area contributed by atoms with Crippen LogP contribution in [0.3, 0.4) is 0 Å². The molecule has 0 amide bonds. The third kappa shape index (κ3) is 1.11. The standard InChI is InChI=1S/C5H2ClF5/c6-2-1-4(8,9)3(7)5(2,10)11/h1,3H. The largest absolute Gasteiger partial charge is 0.320 e. The van der Waals surface area contributed by atoms with E-state index in [1.54, 1.807) is 0 Å². The molecule has 11 heavy (non-hydrogen) atoms. The summed E-state index contributed by atoms with van der Waals surface area (Å²) in [6.07, 6.45) is -3.80. The van der Waals surface area contributed by atoms with Crippen LogP contribution in [-0.2, 0) is 0 Å². The zero-order chi connectivity index (χ0) is 8.86. The fourth-order valence-electron chi connectivity index (χ4n) is 0.701. The van der Waals surface area contributed by atoms with Crippen molar-refractivity contribution in [3.8, 4) is 0 Å². The van der Waals surface area contributed by atoms with Crippen LogP contribution in [-0.4, -0.2) is 18.0 Å². The van der Waals surface area contributed by atoms with Crippen LogP contribution in [0.4, 0.5) is 22.0 Å². The SMILES string of the molecule is FC1C(F)(F)C=C(Cl)C1(F)F. The fourth-order valence-corrected chi connectivity index (χ4v) is 0.942. The van der Waals surface area contributed by atoms with E-state index in [0.717, 1.165) is 0 Å². The zero-order valence-electron chi connectivity index (χ0n) is 4.92. The number of allylic oxidation sites excluding steroid dienone is 2. The van der Waals surface area contributed by atoms with Gasteiger partial charge in [0.1, 0.15) is 0 Å². The van der Waals surface area contributed by atoms with E-state index in [1.807, 2.05) is 0 Å². The van der Waals surface area contributed by atoms with Gasteiger partial charge in [-0.15, -0.1) is 0 Å². The van der Waals surface area contributed by atoms with Crippen molar-refractivity contribution in [1.29, 1.82) is 0 Å². The lowest BCUT2D eigenvalue weighted by atomic mass is 10.2. The van der Waals surface area contributed by atoms with Gasteiger partial charge in [0.2, 0.25) is 6.17 Å². The van der Waals surface area contributed by atoms with Gasteiger partial charge in [-0.25, -0.2) is 4.39 Å². The van der Waals surface area contributed by atoms with Crippen LogP contribution in [0.2, 0.25) is 0 Å². The Hall–Kier alpha value is -0.320. The summed E-state index contributed by atoms with van der Waals surface area (Å²) < 4.78 is 60.6. The van der Waals surface area contributed by atoms with Gasteiger partial charge in [0, 0.05) is 6.08 Å². The Kier molecular flexibility index (Phi) is 1.67. The monoisotopic (exact) mass is 192 g/mol. The van der Waals surface area contributed by atoms with Crippen molar-refractivity contribution in [3.63, 3.8) is 0 Å². The van der Waals surface area contributed by atoms with Gasteiger partial charge < -0.3 is 0 Å². The molecular formula is C5H2ClF5. The molecule has 64 valence electrons. The molecule has 0 fully saturated rings. The van der Waals surface area contributed by atoms with Crippen LogP contribution >= 0.6 is 11.6 Å². The molecule has 1 aliphatic carbocycles. The summed E-state index contributed by atoms with van der Waals surface area (Å²) in [5.41, 5.74) is 0. The average Bonchev–Trinajstić information content (AvgIpc) is 1.94. The minimum atomic E-state index is -4.24. The Bertz CT molecular complexity index is 209. The maximum Gasteiger partial charge on any atom is 0.320 e. The minimum absolute atomic E-state index is 0.265. The predicted molar refractivity (Wildman–Crippen MR) is 28.7 cm³/mol. The van der Waals surface area contributed by atoms with E-state index in [9.17, 15) is 22.0 Å². The second-order valence-electron chi connectivity index (χ2n) is 2.15. The first-order valence-corrected chi connectivity index (χ1v) is 2.95. The van der Waals surface area contributed by atoms with Crippen LogP contribution in [0.5, 0.6) is 0 Å². The highest BCUT2D eigenvalue weighted by atomic mass is 35.5. The van der Waals surface area contributed by atoms with Crippen LogP contribution in [0, 0.1) is 0 Å². The molecule has 1 rings (SSSR count). The lowest BCUT2D eigenvalue weighted by Gasteiger charge is -2.16. The van der Waals surface area contributed by atoms with E-state index >= 15 is 0 Å². The summed E-state index contributed by atoms with van der Waals surface area (Å²) in [6.45, 7) is 0. The predicted octanol–water partition coefficient (Wildman–Crippen LogP) is 2.73. The second-order valence-corrected chi connectivity index (χ2v) is 2.56. The topological polar surface area (TPSA) is 0 Å². The average molecular weight is 193 g/mol. The van der Waals surface area contributed by atoms with Gasteiger partial charge >= 0.3 is 11.8 Å². The van der Waals surface area contributed by atoms with Gasteiger partial charge in [0.05, 0.1) is 5.03 Å². The normalized spacial score (nSPS) is 33.6. The maximum atomic E-state index is 12.2. The molecule has 1 unspecified atom stereocenters. The van der Waals surface area contributed by atoms with E-state index in [2.05, 4.69) is 11.6 Å². The van der Waals surface area contributed by atoms with Gasteiger partial charge in [0.25, 0.3) is 0 Å². The number of halogens is 6. The molecule has 0 aromatic carbocycles. The smallest absolute Gasteiger partial charge is 0.233 e. The molecule has 1 aliphatic rings. The first-order chi connectivity index (χ1) is 4.78. The van der Waals surface area contributed by atoms with Gasteiger partial charge in [-0.3, -0.25) is 0 Å². The molecule has 1 atom stereocenters. The molecule has 0 aromatic rings. The molecule has 0 nitrogen and oxygen atoms in total. The summed E-state index contributed by atoms with van der Waals surface area (Å²) in [5.74, 6) is -8.40. The Morgan fingerprint density at radius 3 is 1.82 bits per heavy atom. The zero-order valence-corrected chi connectivity index (χ0v) is 5.68. The highest BCUT2D eigenvalue weighted by molar-refractivity contribution is 6.31. The first-order valence-electron chi connectivity index (χ1n) is 2.57.